The molecule has 0 aromatic heterocycles. The Labute approximate surface area is 144 Å². The third kappa shape index (κ3) is 2.30. The molecule has 0 saturated carbocycles. The molecule has 0 amide bonds. The highest BCUT2D eigenvalue weighted by Crippen LogP contribution is 2.52. The van der Waals surface area contributed by atoms with Crippen LogP contribution in [0, 0.1) is 0 Å². The number of fused-ring (bicyclic) bond motifs is 3. The topological polar surface area (TPSA) is 15.7 Å². The van der Waals surface area contributed by atoms with Crippen molar-refractivity contribution in [2.24, 2.45) is 0 Å². The molecule has 0 radical (unpaired) electrons. The summed E-state index contributed by atoms with van der Waals surface area (Å²) in [7, 11) is 2.23. The monoisotopic (exact) mass is 322 g/mol. The van der Waals surface area contributed by atoms with Gasteiger partial charge in [0.1, 0.15) is 5.75 Å². The van der Waals surface area contributed by atoms with Gasteiger partial charge in [-0.2, -0.15) is 0 Å². The van der Waals surface area contributed by atoms with Crippen molar-refractivity contribution >= 4 is 5.69 Å². The van der Waals surface area contributed by atoms with Gasteiger partial charge in [-0.15, -0.1) is 0 Å². The summed E-state index contributed by atoms with van der Waals surface area (Å²) in [6, 6.07) is 17.4. The lowest BCUT2D eigenvalue weighted by Crippen LogP contribution is -2.46. The first-order chi connectivity index (χ1) is 11.6. The molecular weight excluding hydrogens is 296 g/mol. The first kappa shape index (κ1) is 15.5. The zero-order chi connectivity index (χ0) is 16.7. The Balaban J connectivity index is 1.66. The van der Waals surface area contributed by atoms with Gasteiger partial charge in [0.25, 0.3) is 0 Å². The maximum Gasteiger partial charge on any atom is 0.119 e. The SMILES string of the molecule is CCOc1ccc2c(c1)C1(C)CCN(Cc3ccccc3)C1N2C. The minimum Gasteiger partial charge on any atom is -0.494 e. The molecule has 1 fully saturated rings. The third-order valence-corrected chi connectivity index (χ3v) is 5.70. The van der Waals surface area contributed by atoms with Crippen LogP contribution in [-0.4, -0.2) is 31.3 Å². The quantitative estimate of drug-likeness (QED) is 0.845. The Morgan fingerprint density at radius 2 is 1.96 bits per heavy atom. The number of ether oxygens (including phenoxy) is 1. The van der Waals surface area contributed by atoms with Gasteiger partial charge in [-0.25, -0.2) is 0 Å². The molecule has 4 rings (SSSR count). The van der Waals surface area contributed by atoms with Crippen LogP contribution in [0.4, 0.5) is 5.69 Å². The number of anilines is 1. The highest BCUT2D eigenvalue weighted by Gasteiger charge is 2.53. The van der Waals surface area contributed by atoms with E-state index in [1.807, 2.05) is 6.92 Å². The second kappa shape index (κ2) is 5.82. The van der Waals surface area contributed by atoms with E-state index < -0.39 is 0 Å². The van der Waals surface area contributed by atoms with Gasteiger partial charge in [0.05, 0.1) is 12.8 Å². The van der Waals surface area contributed by atoms with Crippen LogP contribution in [0.1, 0.15) is 31.4 Å². The van der Waals surface area contributed by atoms with Crippen LogP contribution in [0.5, 0.6) is 5.75 Å². The molecule has 0 spiro atoms. The van der Waals surface area contributed by atoms with E-state index in [-0.39, 0.29) is 5.41 Å². The smallest absolute Gasteiger partial charge is 0.119 e. The Morgan fingerprint density at radius 3 is 2.71 bits per heavy atom. The molecule has 0 N–H and O–H groups in total. The van der Waals surface area contributed by atoms with Gasteiger partial charge in [-0.3, -0.25) is 4.90 Å². The molecule has 2 aromatic carbocycles. The van der Waals surface area contributed by atoms with Crippen LogP contribution >= 0.6 is 0 Å². The average molecular weight is 322 g/mol. The summed E-state index contributed by atoms with van der Waals surface area (Å²) in [5.74, 6) is 0.994. The largest absolute Gasteiger partial charge is 0.494 e. The fourth-order valence-corrected chi connectivity index (χ4v) is 4.63. The third-order valence-electron chi connectivity index (χ3n) is 5.70. The second-order valence-electron chi connectivity index (χ2n) is 7.22. The highest BCUT2D eigenvalue weighted by molar-refractivity contribution is 5.66. The number of hydrogen-bond donors (Lipinski definition) is 0. The summed E-state index contributed by atoms with van der Waals surface area (Å²) in [5.41, 5.74) is 4.35. The van der Waals surface area contributed by atoms with E-state index in [0.717, 1.165) is 25.4 Å². The number of likely N-dealkylation sites (N-methyl/N-ethyl adjacent to an activating group) is 1. The van der Waals surface area contributed by atoms with Gasteiger partial charge in [0.2, 0.25) is 0 Å². The number of benzene rings is 2. The van der Waals surface area contributed by atoms with Gasteiger partial charge in [-0.05, 0) is 42.7 Å². The predicted molar refractivity (Wildman–Crippen MR) is 98.6 cm³/mol. The standard InChI is InChI=1S/C21H26N2O/c1-4-24-17-10-11-19-18(14-17)21(2)12-13-23(20(21)22(19)3)15-16-8-6-5-7-9-16/h5-11,14,20H,4,12-13,15H2,1-3H3. The maximum atomic E-state index is 5.75. The molecule has 126 valence electrons. The molecule has 1 saturated heterocycles. The van der Waals surface area contributed by atoms with E-state index in [9.17, 15) is 0 Å². The van der Waals surface area contributed by atoms with Gasteiger partial charge < -0.3 is 9.64 Å². The van der Waals surface area contributed by atoms with Crippen molar-refractivity contribution < 1.29 is 4.74 Å². The van der Waals surface area contributed by atoms with E-state index in [1.165, 1.54) is 23.2 Å². The van der Waals surface area contributed by atoms with Crippen LogP contribution in [0.2, 0.25) is 0 Å². The van der Waals surface area contributed by atoms with Crippen molar-refractivity contribution in [3.05, 3.63) is 59.7 Å². The molecule has 2 aliphatic heterocycles. The first-order valence-electron chi connectivity index (χ1n) is 8.91. The fraction of sp³-hybridized carbons (Fsp3) is 0.429. The van der Waals surface area contributed by atoms with Crippen molar-refractivity contribution in [3.8, 4) is 5.75 Å². The zero-order valence-corrected chi connectivity index (χ0v) is 14.8. The van der Waals surface area contributed by atoms with Crippen molar-refractivity contribution in [3.63, 3.8) is 0 Å². The first-order valence-corrected chi connectivity index (χ1v) is 8.91. The Morgan fingerprint density at radius 1 is 1.17 bits per heavy atom. The molecule has 2 aliphatic rings. The summed E-state index contributed by atoms with van der Waals surface area (Å²) >= 11 is 0. The number of nitrogens with zero attached hydrogens (tertiary/aromatic N) is 2. The molecule has 2 atom stereocenters. The molecule has 2 heterocycles. The molecule has 3 nitrogen and oxygen atoms in total. The van der Waals surface area contributed by atoms with Crippen LogP contribution in [0.25, 0.3) is 0 Å². The molecule has 0 aliphatic carbocycles. The van der Waals surface area contributed by atoms with Gasteiger partial charge in [-0.1, -0.05) is 37.3 Å². The van der Waals surface area contributed by atoms with E-state index in [1.54, 1.807) is 0 Å². The fourth-order valence-electron chi connectivity index (χ4n) is 4.63. The molecule has 2 unspecified atom stereocenters. The lowest BCUT2D eigenvalue weighted by Gasteiger charge is -2.34. The molecule has 2 aromatic rings. The highest BCUT2D eigenvalue weighted by atomic mass is 16.5. The predicted octanol–water partition coefficient (Wildman–Crippen LogP) is 4.02. The summed E-state index contributed by atoms with van der Waals surface area (Å²) in [5, 5.41) is 0. The van der Waals surface area contributed by atoms with E-state index in [4.69, 9.17) is 4.74 Å². The second-order valence-corrected chi connectivity index (χ2v) is 7.22. The normalized spacial score (nSPS) is 25.6. The lowest BCUT2D eigenvalue weighted by molar-refractivity contribution is 0.215. The summed E-state index contributed by atoms with van der Waals surface area (Å²) in [6.07, 6.45) is 1.61. The van der Waals surface area contributed by atoms with Gasteiger partial charge >= 0.3 is 0 Å². The van der Waals surface area contributed by atoms with Crippen molar-refractivity contribution in [2.45, 2.75) is 38.4 Å². The van der Waals surface area contributed by atoms with Crippen molar-refractivity contribution in [1.29, 1.82) is 0 Å². The van der Waals surface area contributed by atoms with Gasteiger partial charge in [0.15, 0.2) is 0 Å². The molecule has 24 heavy (non-hydrogen) atoms. The van der Waals surface area contributed by atoms with E-state index in [0.29, 0.717) is 6.17 Å². The van der Waals surface area contributed by atoms with Crippen LogP contribution in [0.3, 0.4) is 0 Å². The lowest BCUT2D eigenvalue weighted by atomic mass is 9.81. The number of hydrogen-bond acceptors (Lipinski definition) is 3. The minimum absolute atomic E-state index is 0.173. The molecule has 0 bridgehead atoms. The van der Waals surface area contributed by atoms with E-state index in [2.05, 4.69) is 72.3 Å². The number of likely N-dealkylation sites (tertiary alicyclic amines) is 1. The van der Waals surface area contributed by atoms with Crippen LogP contribution in [-0.2, 0) is 12.0 Å². The number of rotatable bonds is 4. The average Bonchev–Trinajstić information content (AvgIpc) is 3.03. The Kier molecular flexibility index (Phi) is 3.76. The summed E-state index contributed by atoms with van der Waals surface area (Å²) in [4.78, 5) is 5.08. The summed E-state index contributed by atoms with van der Waals surface area (Å²) in [6.45, 7) is 7.33. The zero-order valence-electron chi connectivity index (χ0n) is 14.8. The van der Waals surface area contributed by atoms with Crippen LogP contribution in [0.15, 0.2) is 48.5 Å². The molecule has 3 heteroatoms. The Bertz CT molecular complexity index is 730. The minimum atomic E-state index is 0.173. The maximum absolute atomic E-state index is 5.75. The summed E-state index contributed by atoms with van der Waals surface area (Å²) < 4.78 is 5.75. The van der Waals surface area contributed by atoms with Crippen molar-refractivity contribution in [1.82, 2.24) is 4.90 Å². The van der Waals surface area contributed by atoms with Crippen molar-refractivity contribution in [2.75, 3.05) is 25.1 Å². The van der Waals surface area contributed by atoms with Gasteiger partial charge in [0, 0.05) is 31.2 Å². The van der Waals surface area contributed by atoms with E-state index >= 15 is 0 Å². The van der Waals surface area contributed by atoms with Crippen LogP contribution < -0.4 is 9.64 Å². The Hall–Kier alpha value is -2.00. The molecular formula is C21H26N2O.